The summed E-state index contributed by atoms with van der Waals surface area (Å²) in [6.45, 7) is 0. The van der Waals surface area contributed by atoms with E-state index in [0.29, 0.717) is 22.5 Å². The van der Waals surface area contributed by atoms with E-state index in [4.69, 9.17) is 13.9 Å². The molecule has 0 radical (unpaired) electrons. The second-order valence-electron chi connectivity index (χ2n) is 4.59. The standard InChI is InChI=1S/C17H14O4/c1-19-12-5-3-11(4-6-12)16-8-7-14-15(18)9-13(20-2)10-17(14)21-16/h3-10H,1-2H3/p+1. The smallest absolute Gasteiger partial charge is 0.368 e. The summed E-state index contributed by atoms with van der Waals surface area (Å²) in [5.41, 5.74) is 1.50. The van der Waals surface area contributed by atoms with Gasteiger partial charge in [0.15, 0.2) is 0 Å². The first kappa shape index (κ1) is 13.2. The molecule has 0 atom stereocenters. The molecular formula is C17H15O4+. The lowest BCUT2D eigenvalue weighted by molar-refractivity contribution is 0.408. The number of aromatic hydroxyl groups is 1. The average molecular weight is 283 g/mol. The first-order valence-corrected chi connectivity index (χ1v) is 6.49. The van der Waals surface area contributed by atoms with Crippen LogP contribution in [0, 0.1) is 0 Å². The number of benzene rings is 2. The Morgan fingerprint density at radius 1 is 0.857 bits per heavy atom. The molecule has 1 aromatic heterocycles. The summed E-state index contributed by atoms with van der Waals surface area (Å²) in [4.78, 5) is 0. The van der Waals surface area contributed by atoms with Crippen molar-refractivity contribution in [1.29, 1.82) is 0 Å². The second kappa shape index (κ2) is 5.32. The van der Waals surface area contributed by atoms with Gasteiger partial charge in [0.25, 0.3) is 0 Å². The maximum atomic E-state index is 9.96. The monoisotopic (exact) mass is 283 g/mol. The summed E-state index contributed by atoms with van der Waals surface area (Å²) in [5.74, 6) is 2.18. The molecule has 0 unspecified atom stereocenters. The van der Waals surface area contributed by atoms with Crippen LogP contribution in [0.2, 0.25) is 0 Å². The molecule has 0 spiro atoms. The number of ether oxygens (including phenoxy) is 2. The molecule has 0 aliphatic rings. The van der Waals surface area contributed by atoms with Crippen molar-refractivity contribution in [3.8, 4) is 28.6 Å². The van der Waals surface area contributed by atoms with Crippen LogP contribution in [0.25, 0.3) is 22.3 Å². The van der Waals surface area contributed by atoms with E-state index in [1.54, 1.807) is 26.4 Å². The van der Waals surface area contributed by atoms with E-state index in [-0.39, 0.29) is 5.75 Å². The fourth-order valence-corrected chi connectivity index (χ4v) is 2.18. The topological polar surface area (TPSA) is 50.0 Å². The summed E-state index contributed by atoms with van der Waals surface area (Å²) in [6, 6.07) is 14.6. The lowest BCUT2D eigenvalue weighted by Crippen LogP contribution is -1.85. The molecule has 106 valence electrons. The molecular weight excluding hydrogens is 268 g/mol. The lowest BCUT2D eigenvalue weighted by atomic mass is 10.1. The minimum absolute atomic E-state index is 0.134. The number of phenolic OH excluding ortho intramolecular Hbond substituents is 1. The van der Waals surface area contributed by atoms with Crippen molar-refractivity contribution >= 4 is 11.0 Å². The minimum Gasteiger partial charge on any atom is -0.507 e. The third-order valence-electron chi connectivity index (χ3n) is 3.33. The largest absolute Gasteiger partial charge is 0.507 e. The summed E-state index contributed by atoms with van der Waals surface area (Å²) in [6.07, 6.45) is 0. The van der Waals surface area contributed by atoms with Crippen molar-refractivity contribution in [3.63, 3.8) is 0 Å². The van der Waals surface area contributed by atoms with Gasteiger partial charge in [0.05, 0.1) is 25.8 Å². The number of hydrogen-bond donors (Lipinski definition) is 1. The SMILES string of the molecule is COc1ccc(-c2ccc3c(O)cc(OC)cc3[o+]2)cc1. The molecule has 1 heterocycles. The maximum absolute atomic E-state index is 9.96. The van der Waals surface area contributed by atoms with Crippen LogP contribution in [-0.4, -0.2) is 19.3 Å². The number of rotatable bonds is 3. The third kappa shape index (κ3) is 2.48. The Bertz CT molecular complexity index is 779. The Hall–Kier alpha value is -2.75. The molecule has 0 aliphatic carbocycles. The van der Waals surface area contributed by atoms with Gasteiger partial charge < -0.3 is 14.6 Å². The maximum Gasteiger partial charge on any atom is 0.368 e. The first-order chi connectivity index (χ1) is 10.2. The molecule has 0 bridgehead atoms. The molecule has 4 nitrogen and oxygen atoms in total. The predicted octanol–water partition coefficient (Wildman–Crippen LogP) is 4.10. The fourth-order valence-electron chi connectivity index (χ4n) is 2.18. The Kier molecular flexibility index (Phi) is 3.36. The van der Waals surface area contributed by atoms with Gasteiger partial charge in [-0.05, 0) is 30.3 Å². The van der Waals surface area contributed by atoms with Crippen LogP contribution in [0.1, 0.15) is 0 Å². The van der Waals surface area contributed by atoms with Crippen LogP contribution in [-0.2, 0) is 0 Å². The average Bonchev–Trinajstić information content (AvgIpc) is 2.54. The lowest BCUT2D eigenvalue weighted by Gasteiger charge is -2.01. The van der Waals surface area contributed by atoms with Crippen LogP contribution in [0.3, 0.4) is 0 Å². The highest BCUT2D eigenvalue weighted by atomic mass is 16.5. The normalized spacial score (nSPS) is 10.6. The zero-order valence-corrected chi connectivity index (χ0v) is 11.8. The predicted molar refractivity (Wildman–Crippen MR) is 80.8 cm³/mol. The van der Waals surface area contributed by atoms with Gasteiger partial charge in [0.1, 0.15) is 22.6 Å². The van der Waals surface area contributed by atoms with Crippen LogP contribution >= 0.6 is 0 Å². The number of hydrogen-bond acceptors (Lipinski definition) is 3. The Morgan fingerprint density at radius 3 is 2.24 bits per heavy atom. The minimum atomic E-state index is 0.134. The van der Waals surface area contributed by atoms with Crippen molar-refractivity contribution in [2.24, 2.45) is 0 Å². The van der Waals surface area contributed by atoms with E-state index in [0.717, 1.165) is 11.3 Å². The van der Waals surface area contributed by atoms with Gasteiger partial charge in [-0.25, -0.2) is 4.42 Å². The Morgan fingerprint density at radius 2 is 1.57 bits per heavy atom. The van der Waals surface area contributed by atoms with E-state index in [2.05, 4.69) is 0 Å². The molecule has 3 aromatic rings. The van der Waals surface area contributed by atoms with Crippen LogP contribution < -0.4 is 9.47 Å². The number of methoxy groups -OCH3 is 2. The van der Waals surface area contributed by atoms with Gasteiger partial charge in [0, 0.05) is 12.1 Å². The van der Waals surface area contributed by atoms with Gasteiger partial charge in [-0.1, -0.05) is 0 Å². The molecule has 1 N–H and O–H groups in total. The number of phenols is 1. The summed E-state index contributed by atoms with van der Waals surface area (Å²) >= 11 is 0. The molecule has 4 heteroatoms. The van der Waals surface area contributed by atoms with Crippen molar-refractivity contribution < 1.29 is 19.0 Å². The van der Waals surface area contributed by atoms with E-state index >= 15 is 0 Å². The van der Waals surface area contributed by atoms with E-state index in [1.807, 2.05) is 36.4 Å². The molecule has 0 saturated heterocycles. The van der Waals surface area contributed by atoms with Crippen molar-refractivity contribution in [1.82, 2.24) is 0 Å². The van der Waals surface area contributed by atoms with E-state index < -0.39 is 0 Å². The van der Waals surface area contributed by atoms with Crippen molar-refractivity contribution in [2.45, 2.75) is 0 Å². The summed E-state index contributed by atoms with van der Waals surface area (Å²) in [7, 11) is 3.18. The molecule has 21 heavy (non-hydrogen) atoms. The third-order valence-corrected chi connectivity index (χ3v) is 3.33. The highest BCUT2D eigenvalue weighted by Gasteiger charge is 2.18. The zero-order chi connectivity index (χ0) is 14.8. The zero-order valence-electron chi connectivity index (χ0n) is 11.8. The summed E-state index contributed by atoms with van der Waals surface area (Å²) in [5, 5.41) is 10.6. The molecule has 0 fully saturated rings. The van der Waals surface area contributed by atoms with Crippen LogP contribution in [0.5, 0.6) is 17.2 Å². The summed E-state index contributed by atoms with van der Waals surface area (Å²) < 4.78 is 16.1. The van der Waals surface area contributed by atoms with Gasteiger partial charge in [-0.15, -0.1) is 0 Å². The molecule has 3 rings (SSSR count). The molecule has 0 saturated carbocycles. The number of fused-ring (bicyclic) bond motifs is 1. The van der Waals surface area contributed by atoms with Gasteiger partial charge in [-0.3, -0.25) is 0 Å². The van der Waals surface area contributed by atoms with Gasteiger partial charge in [0.2, 0.25) is 0 Å². The second-order valence-corrected chi connectivity index (χ2v) is 4.59. The van der Waals surface area contributed by atoms with Crippen LogP contribution in [0.15, 0.2) is 52.9 Å². The fraction of sp³-hybridized carbons (Fsp3) is 0.118. The molecule has 2 aromatic carbocycles. The van der Waals surface area contributed by atoms with Crippen molar-refractivity contribution in [2.75, 3.05) is 14.2 Å². The van der Waals surface area contributed by atoms with Crippen LogP contribution in [0.4, 0.5) is 0 Å². The van der Waals surface area contributed by atoms with E-state index in [1.165, 1.54) is 0 Å². The van der Waals surface area contributed by atoms with E-state index in [9.17, 15) is 5.11 Å². The highest BCUT2D eigenvalue weighted by molar-refractivity contribution is 5.86. The molecule has 0 aliphatic heterocycles. The Labute approximate surface area is 122 Å². The van der Waals surface area contributed by atoms with Gasteiger partial charge in [-0.2, -0.15) is 0 Å². The quantitative estimate of drug-likeness (QED) is 0.735. The van der Waals surface area contributed by atoms with Crippen molar-refractivity contribution in [3.05, 3.63) is 48.5 Å². The highest BCUT2D eigenvalue weighted by Crippen LogP contribution is 2.33. The Balaban J connectivity index is 2.10. The molecule has 0 amide bonds. The first-order valence-electron chi connectivity index (χ1n) is 6.49. The van der Waals surface area contributed by atoms with Gasteiger partial charge >= 0.3 is 11.3 Å².